The van der Waals surface area contributed by atoms with E-state index in [1.54, 1.807) is 24.0 Å². The van der Waals surface area contributed by atoms with E-state index in [1.807, 2.05) is 66.7 Å². The van der Waals surface area contributed by atoms with Crippen molar-refractivity contribution in [3.63, 3.8) is 0 Å². The highest BCUT2D eigenvalue weighted by atomic mass is 16.2. The average Bonchev–Trinajstić information content (AvgIpc) is 2.77. The predicted octanol–water partition coefficient (Wildman–Crippen LogP) is 4.57. The molecule has 0 aliphatic carbocycles. The van der Waals surface area contributed by atoms with Crippen molar-refractivity contribution >= 4 is 17.3 Å². The van der Waals surface area contributed by atoms with Crippen LogP contribution in [0.5, 0.6) is 0 Å². The number of nitrogens with one attached hydrogen (secondary N) is 1. The van der Waals surface area contributed by atoms with Crippen LogP contribution in [0.1, 0.15) is 23.6 Å². The second kappa shape index (κ2) is 9.78. The van der Waals surface area contributed by atoms with Gasteiger partial charge in [0.15, 0.2) is 0 Å². The summed E-state index contributed by atoms with van der Waals surface area (Å²) in [5, 5.41) is 12.0. The zero-order valence-electron chi connectivity index (χ0n) is 16.2. The van der Waals surface area contributed by atoms with Crippen LogP contribution < -0.4 is 10.2 Å². The zero-order valence-corrected chi connectivity index (χ0v) is 16.2. The number of rotatable bonds is 5. The number of para-hydroxylation sites is 1. The van der Waals surface area contributed by atoms with Gasteiger partial charge in [-0.1, -0.05) is 42.2 Å². The van der Waals surface area contributed by atoms with Crippen molar-refractivity contribution in [3.05, 3.63) is 95.6 Å². The summed E-state index contributed by atoms with van der Waals surface area (Å²) in [5.41, 5.74) is 4.42. The Morgan fingerprint density at radius 2 is 1.59 bits per heavy atom. The van der Waals surface area contributed by atoms with Crippen LogP contribution in [0.4, 0.5) is 11.4 Å². The highest BCUT2D eigenvalue weighted by Crippen LogP contribution is 2.17. The van der Waals surface area contributed by atoms with Crippen LogP contribution in [0, 0.1) is 23.2 Å². The van der Waals surface area contributed by atoms with E-state index in [2.05, 4.69) is 23.2 Å². The topological polar surface area (TPSA) is 56.1 Å². The number of nitrogens with zero attached hydrogens (tertiary/aromatic N) is 2. The lowest BCUT2D eigenvalue weighted by Gasteiger charge is -2.21. The Morgan fingerprint density at radius 3 is 2.21 bits per heavy atom. The molecule has 0 bridgehead atoms. The molecule has 0 saturated carbocycles. The van der Waals surface area contributed by atoms with Crippen LogP contribution in [0.15, 0.2) is 78.9 Å². The van der Waals surface area contributed by atoms with Crippen LogP contribution in [-0.2, 0) is 11.3 Å². The van der Waals surface area contributed by atoms with E-state index in [1.165, 1.54) is 0 Å². The van der Waals surface area contributed by atoms with Gasteiger partial charge in [0.2, 0.25) is 5.91 Å². The molecule has 0 atom stereocenters. The van der Waals surface area contributed by atoms with Crippen molar-refractivity contribution in [2.24, 2.45) is 0 Å². The fourth-order valence-electron chi connectivity index (χ4n) is 2.82. The minimum Gasteiger partial charge on any atom is -0.374 e. The van der Waals surface area contributed by atoms with Gasteiger partial charge in [0.1, 0.15) is 0 Å². The maximum atomic E-state index is 12.0. The van der Waals surface area contributed by atoms with Crippen molar-refractivity contribution in [2.75, 3.05) is 16.8 Å². The molecule has 0 saturated heterocycles. The van der Waals surface area contributed by atoms with E-state index in [0.717, 1.165) is 22.5 Å². The SMILES string of the molecule is CC(=O)N(Cc1ccc(C#CCNc2ccc(C#N)cc2)cc1)c1ccccc1. The van der Waals surface area contributed by atoms with E-state index >= 15 is 0 Å². The van der Waals surface area contributed by atoms with Crippen LogP contribution >= 0.6 is 0 Å². The van der Waals surface area contributed by atoms with Gasteiger partial charge in [0.05, 0.1) is 24.7 Å². The van der Waals surface area contributed by atoms with E-state index in [0.29, 0.717) is 18.7 Å². The minimum absolute atomic E-state index is 0.00828. The predicted molar refractivity (Wildman–Crippen MR) is 116 cm³/mol. The van der Waals surface area contributed by atoms with Crippen molar-refractivity contribution in [1.82, 2.24) is 0 Å². The van der Waals surface area contributed by atoms with Gasteiger partial charge in [0, 0.05) is 23.9 Å². The van der Waals surface area contributed by atoms with Crippen molar-refractivity contribution < 1.29 is 4.79 Å². The molecule has 3 aromatic rings. The number of carbonyl (C=O) groups excluding carboxylic acids is 1. The van der Waals surface area contributed by atoms with Gasteiger partial charge in [0.25, 0.3) is 0 Å². The molecule has 3 rings (SSSR count). The fraction of sp³-hybridized carbons (Fsp3) is 0.120. The second-order valence-corrected chi connectivity index (χ2v) is 6.48. The lowest BCUT2D eigenvalue weighted by atomic mass is 10.1. The third-order valence-corrected chi connectivity index (χ3v) is 4.37. The summed E-state index contributed by atoms with van der Waals surface area (Å²) in [6, 6.07) is 26.9. The number of carbonyl (C=O) groups is 1. The molecule has 0 radical (unpaired) electrons. The Labute approximate surface area is 171 Å². The summed E-state index contributed by atoms with van der Waals surface area (Å²) in [6.07, 6.45) is 0. The molecule has 4 heteroatoms. The van der Waals surface area contributed by atoms with E-state index < -0.39 is 0 Å². The average molecular weight is 379 g/mol. The largest absolute Gasteiger partial charge is 0.374 e. The molecule has 0 spiro atoms. The number of benzene rings is 3. The maximum absolute atomic E-state index is 12.0. The van der Waals surface area contributed by atoms with Gasteiger partial charge in [-0.2, -0.15) is 5.26 Å². The van der Waals surface area contributed by atoms with Gasteiger partial charge >= 0.3 is 0 Å². The number of hydrogen-bond acceptors (Lipinski definition) is 3. The van der Waals surface area contributed by atoms with Crippen molar-refractivity contribution in [3.8, 4) is 17.9 Å². The summed E-state index contributed by atoms with van der Waals surface area (Å²) < 4.78 is 0. The first-order valence-corrected chi connectivity index (χ1v) is 9.31. The highest BCUT2D eigenvalue weighted by Gasteiger charge is 2.11. The number of nitriles is 1. The number of anilines is 2. The Balaban J connectivity index is 1.58. The smallest absolute Gasteiger partial charge is 0.224 e. The molecule has 3 aromatic carbocycles. The first-order valence-electron chi connectivity index (χ1n) is 9.31. The molecule has 1 N–H and O–H groups in total. The fourth-order valence-corrected chi connectivity index (χ4v) is 2.82. The summed E-state index contributed by atoms with van der Waals surface area (Å²) in [7, 11) is 0. The molecule has 0 aliphatic rings. The summed E-state index contributed by atoms with van der Waals surface area (Å²) in [6.45, 7) is 2.61. The third kappa shape index (κ3) is 5.73. The molecule has 4 nitrogen and oxygen atoms in total. The molecule has 0 aliphatic heterocycles. The Bertz CT molecular complexity index is 1050. The molecule has 0 aromatic heterocycles. The van der Waals surface area contributed by atoms with E-state index in [9.17, 15) is 4.79 Å². The number of hydrogen-bond donors (Lipinski definition) is 1. The summed E-state index contributed by atoms with van der Waals surface area (Å²) >= 11 is 0. The molecule has 0 heterocycles. The minimum atomic E-state index is 0.00828. The van der Waals surface area contributed by atoms with Crippen LogP contribution in [0.25, 0.3) is 0 Å². The first-order chi connectivity index (χ1) is 14.2. The van der Waals surface area contributed by atoms with E-state index in [-0.39, 0.29) is 5.91 Å². The zero-order chi connectivity index (χ0) is 20.5. The van der Waals surface area contributed by atoms with Gasteiger partial charge in [-0.05, 0) is 54.1 Å². The van der Waals surface area contributed by atoms with Crippen LogP contribution in [0.2, 0.25) is 0 Å². The van der Waals surface area contributed by atoms with Gasteiger partial charge in [-0.3, -0.25) is 4.79 Å². The van der Waals surface area contributed by atoms with Crippen LogP contribution in [0.3, 0.4) is 0 Å². The Kier molecular flexibility index (Phi) is 6.66. The van der Waals surface area contributed by atoms with Crippen LogP contribution in [-0.4, -0.2) is 12.5 Å². The van der Waals surface area contributed by atoms with Crippen molar-refractivity contribution in [2.45, 2.75) is 13.5 Å². The molecule has 29 heavy (non-hydrogen) atoms. The normalized spacial score (nSPS) is 9.66. The monoisotopic (exact) mass is 379 g/mol. The lowest BCUT2D eigenvalue weighted by Crippen LogP contribution is -2.27. The lowest BCUT2D eigenvalue weighted by molar-refractivity contribution is -0.116. The maximum Gasteiger partial charge on any atom is 0.224 e. The standard InChI is InChI=1S/C25H21N3O/c1-20(29)28(25-7-3-2-4-8-25)19-23-11-9-21(10-12-23)6-5-17-27-24-15-13-22(18-26)14-16-24/h2-4,7-16,27H,17,19H2,1H3. The molecular formula is C25H21N3O. The number of amides is 1. The molecule has 0 fully saturated rings. The second-order valence-electron chi connectivity index (χ2n) is 6.48. The molecule has 1 amide bonds. The van der Waals surface area contributed by atoms with Gasteiger partial charge < -0.3 is 10.2 Å². The van der Waals surface area contributed by atoms with Gasteiger partial charge in [-0.15, -0.1) is 0 Å². The van der Waals surface area contributed by atoms with Crippen molar-refractivity contribution in [1.29, 1.82) is 5.26 Å². The third-order valence-electron chi connectivity index (χ3n) is 4.37. The molecular weight excluding hydrogens is 358 g/mol. The summed E-state index contributed by atoms with van der Waals surface area (Å²) in [5.74, 6) is 6.23. The quantitative estimate of drug-likeness (QED) is 0.661. The molecule has 0 unspecified atom stereocenters. The highest BCUT2D eigenvalue weighted by molar-refractivity contribution is 5.91. The summed E-state index contributed by atoms with van der Waals surface area (Å²) in [4.78, 5) is 13.8. The molecule has 142 valence electrons. The first kappa shape index (κ1) is 19.7. The van der Waals surface area contributed by atoms with E-state index in [4.69, 9.17) is 5.26 Å². The Morgan fingerprint density at radius 1 is 0.931 bits per heavy atom. The Hall–Kier alpha value is -4.02. The van der Waals surface area contributed by atoms with Gasteiger partial charge in [-0.25, -0.2) is 0 Å².